The molecule has 0 bridgehead atoms. The van der Waals surface area contributed by atoms with Gasteiger partial charge in [-0.3, -0.25) is 4.79 Å². The first kappa shape index (κ1) is 16.4. The Bertz CT molecular complexity index is 418. The molecule has 0 saturated carbocycles. The van der Waals surface area contributed by atoms with Crippen molar-refractivity contribution in [2.24, 2.45) is 5.73 Å². The number of hydrogen-bond donors (Lipinski definition) is 2. The van der Waals surface area contributed by atoms with E-state index in [1.54, 1.807) is 6.20 Å². The van der Waals surface area contributed by atoms with Crippen molar-refractivity contribution in [2.45, 2.75) is 46.1 Å². The number of nitrogens with zero attached hydrogens (tertiary/aromatic N) is 2. The zero-order chi connectivity index (χ0) is 15.2. The number of amides is 1. The van der Waals surface area contributed by atoms with Gasteiger partial charge in [0, 0.05) is 25.0 Å². The zero-order valence-corrected chi connectivity index (χ0v) is 12.9. The number of rotatable bonds is 7. The number of hydrogen-bond acceptors (Lipinski definition) is 4. The van der Waals surface area contributed by atoms with E-state index in [4.69, 9.17) is 5.73 Å². The summed E-state index contributed by atoms with van der Waals surface area (Å²) in [5.74, 6) is 0.900. The first-order valence-electron chi connectivity index (χ1n) is 7.15. The highest BCUT2D eigenvalue weighted by molar-refractivity contribution is 5.90. The second kappa shape index (κ2) is 7.24. The van der Waals surface area contributed by atoms with Crippen molar-refractivity contribution >= 4 is 17.4 Å². The molecule has 0 atom stereocenters. The van der Waals surface area contributed by atoms with Crippen LogP contribution in [0.5, 0.6) is 0 Å². The first-order chi connectivity index (χ1) is 9.35. The molecule has 112 valence electrons. The van der Waals surface area contributed by atoms with Gasteiger partial charge >= 0.3 is 0 Å². The minimum absolute atomic E-state index is 0.0269. The Balaban J connectivity index is 2.55. The quantitative estimate of drug-likeness (QED) is 0.803. The van der Waals surface area contributed by atoms with Crippen LogP contribution in [0.1, 0.15) is 40.5 Å². The van der Waals surface area contributed by atoms with Crippen LogP contribution in [0.25, 0.3) is 0 Å². The number of pyridine rings is 1. The molecule has 5 heteroatoms. The predicted octanol–water partition coefficient (Wildman–Crippen LogP) is 2.38. The predicted molar refractivity (Wildman–Crippen MR) is 83.9 cm³/mol. The Morgan fingerprint density at radius 2 is 2.00 bits per heavy atom. The average Bonchev–Trinajstić information content (AvgIpc) is 2.39. The van der Waals surface area contributed by atoms with Crippen LogP contribution in [-0.2, 0) is 4.79 Å². The van der Waals surface area contributed by atoms with Crippen molar-refractivity contribution in [3.63, 3.8) is 0 Å². The summed E-state index contributed by atoms with van der Waals surface area (Å²) in [6.45, 7) is 9.86. The second-order valence-corrected chi connectivity index (χ2v) is 5.61. The van der Waals surface area contributed by atoms with Gasteiger partial charge in [-0.2, -0.15) is 0 Å². The van der Waals surface area contributed by atoms with Crippen LogP contribution in [0.15, 0.2) is 18.3 Å². The summed E-state index contributed by atoms with van der Waals surface area (Å²) in [4.78, 5) is 18.3. The van der Waals surface area contributed by atoms with Crippen molar-refractivity contribution in [1.82, 2.24) is 4.98 Å². The summed E-state index contributed by atoms with van der Waals surface area (Å²) in [7, 11) is 0. The van der Waals surface area contributed by atoms with E-state index in [0.717, 1.165) is 24.6 Å². The number of carbonyl (C=O) groups excluding carboxylic acids is 1. The normalized spacial score (nSPS) is 11.2. The molecule has 3 N–H and O–H groups in total. The lowest BCUT2D eigenvalue weighted by molar-refractivity contribution is -0.116. The Labute approximate surface area is 121 Å². The van der Waals surface area contributed by atoms with Crippen LogP contribution >= 0.6 is 0 Å². The van der Waals surface area contributed by atoms with Gasteiger partial charge in [-0.1, -0.05) is 0 Å². The van der Waals surface area contributed by atoms with Crippen molar-refractivity contribution < 1.29 is 4.79 Å². The molecule has 0 aliphatic rings. The molecule has 1 amide bonds. The SMILES string of the molecule is CCN(CC)c1ccc(NC(=O)CCC(C)(C)N)cn1. The fourth-order valence-electron chi connectivity index (χ4n) is 1.85. The Morgan fingerprint density at radius 3 is 2.45 bits per heavy atom. The van der Waals surface area contributed by atoms with Crippen LogP contribution < -0.4 is 16.0 Å². The Kier molecular flexibility index (Phi) is 5.95. The van der Waals surface area contributed by atoms with Crippen molar-refractivity contribution in [3.8, 4) is 0 Å². The van der Waals surface area contributed by atoms with Gasteiger partial charge in [-0.05, 0) is 46.2 Å². The molecule has 0 spiro atoms. The lowest BCUT2D eigenvalue weighted by Gasteiger charge is -2.20. The summed E-state index contributed by atoms with van der Waals surface area (Å²) >= 11 is 0. The second-order valence-electron chi connectivity index (χ2n) is 5.61. The average molecular weight is 278 g/mol. The molecule has 1 rings (SSSR count). The molecule has 20 heavy (non-hydrogen) atoms. The van der Waals surface area contributed by atoms with Crippen LogP contribution in [0, 0.1) is 0 Å². The first-order valence-corrected chi connectivity index (χ1v) is 7.15. The van der Waals surface area contributed by atoms with E-state index in [1.165, 1.54) is 0 Å². The largest absolute Gasteiger partial charge is 0.357 e. The number of nitrogens with one attached hydrogen (secondary N) is 1. The molecule has 0 fully saturated rings. The van der Waals surface area contributed by atoms with Gasteiger partial charge in [-0.15, -0.1) is 0 Å². The Morgan fingerprint density at radius 1 is 1.35 bits per heavy atom. The minimum atomic E-state index is -0.317. The lowest BCUT2D eigenvalue weighted by Crippen LogP contribution is -2.33. The van der Waals surface area contributed by atoms with E-state index in [9.17, 15) is 4.79 Å². The van der Waals surface area contributed by atoms with Gasteiger partial charge in [0.05, 0.1) is 11.9 Å². The van der Waals surface area contributed by atoms with Gasteiger partial charge in [-0.25, -0.2) is 4.98 Å². The molecular formula is C15H26N4O. The minimum Gasteiger partial charge on any atom is -0.357 e. The molecule has 0 aromatic carbocycles. The summed E-state index contributed by atoms with van der Waals surface area (Å²) < 4.78 is 0. The highest BCUT2D eigenvalue weighted by atomic mass is 16.1. The third-order valence-corrected chi connectivity index (χ3v) is 3.12. The molecule has 0 unspecified atom stereocenters. The van der Waals surface area contributed by atoms with E-state index < -0.39 is 0 Å². The van der Waals surface area contributed by atoms with Crippen molar-refractivity contribution in [3.05, 3.63) is 18.3 Å². The molecule has 5 nitrogen and oxygen atoms in total. The molecular weight excluding hydrogens is 252 g/mol. The highest BCUT2D eigenvalue weighted by Crippen LogP contribution is 2.15. The maximum absolute atomic E-state index is 11.8. The van der Waals surface area contributed by atoms with Crippen LogP contribution in [0.3, 0.4) is 0 Å². The molecule has 0 radical (unpaired) electrons. The number of aromatic nitrogens is 1. The maximum atomic E-state index is 11.8. The molecule has 1 aromatic rings. The van der Waals surface area contributed by atoms with E-state index in [1.807, 2.05) is 26.0 Å². The fourth-order valence-corrected chi connectivity index (χ4v) is 1.85. The zero-order valence-electron chi connectivity index (χ0n) is 12.9. The molecule has 0 aliphatic carbocycles. The Hall–Kier alpha value is -1.62. The number of anilines is 2. The molecule has 1 heterocycles. The monoisotopic (exact) mass is 278 g/mol. The topological polar surface area (TPSA) is 71.2 Å². The third-order valence-electron chi connectivity index (χ3n) is 3.12. The summed E-state index contributed by atoms with van der Waals surface area (Å²) in [6.07, 6.45) is 2.77. The third kappa shape index (κ3) is 5.57. The fraction of sp³-hybridized carbons (Fsp3) is 0.600. The smallest absolute Gasteiger partial charge is 0.224 e. The standard InChI is InChI=1S/C15H26N4O/c1-5-19(6-2)13-8-7-12(11-17-13)18-14(20)9-10-15(3,4)16/h7-8,11H,5-6,9-10,16H2,1-4H3,(H,18,20). The van der Waals surface area contributed by atoms with Crippen LogP contribution in [0.2, 0.25) is 0 Å². The van der Waals surface area contributed by atoms with Crippen LogP contribution in [-0.4, -0.2) is 29.5 Å². The molecule has 0 saturated heterocycles. The van der Waals surface area contributed by atoms with Crippen LogP contribution in [0.4, 0.5) is 11.5 Å². The maximum Gasteiger partial charge on any atom is 0.224 e. The van der Waals surface area contributed by atoms with E-state index >= 15 is 0 Å². The summed E-state index contributed by atoms with van der Waals surface area (Å²) in [6, 6.07) is 3.81. The van der Waals surface area contributed by atoms with Crippen molar-refractivity contribution in [1.29, 1.82) is 0 Å². The van der Waals surface area contributed by atoms with E-state index in [0.29, 0.717) is 12.8 Å². The van der Waals surface area contributed by atoms with Crippen molar-refractivity contribution in [2.75, 3.05) is 23.3 Å². The van der Waals surface area contributed by atoms with E-state index in [-0.39, 0.29) is 11.4 Å². The van der Waals surface area contributed by atoms with Gasteiger partial charge in [0.1, 0.15) is 5.82 Å². The number of carbonyl (C=O) groups is 1. The summed E-state index contributed by atoms with van der Waals surface area (Å²) in [5.41, 5.74) is 6.27. The van der Waals surface area contributed by atoms with E-state index in [2.05, 4.69) is 29.0 Å². The summed E-state index contributed by atoms with van der Waals surface area (Å²) in [5, 5.41) is 2.84. The molecule has 0 aliphatic heterocycles. The molecule has 1 aromatic heterocycles. The number of nitrogens with two attached hydrogens (primary N) is 1. The van der Waals surface area contributed by atoms with Gasteiger partial charge in [0.15, 0.2) is 0 Å². The lowest BCUT2D eigenvalue weighted by atomic mass is 10.00. The highest BCUT2D eigenvalue weighted by Gasteiger charge is 2.13. The van der Waals surface area contributed by atoms with Gasteiger partial charge in [0.25, 0.3) is 0 Å². The van der Waals surface area contributed by atoms with Gasteiger partial charge in [0.2, 0.25) is 5.91 Å². The van der Waals surface area contributed by atoms with Gasteiger partial charge < -0.3 is 16.0 Å².